The summed E-state index contributed by atoms with van der Waals surface area (Å²) in [6, 6.07) is 2.30. The summed E-state index contributed by atoms with van der Waals surface area (Å²) in [5.41, 5.74) is -0.402. The lowest BCUT2D eigenvalue weighted by Gasteiger charge is -2.25. The second-order valence-electron chi connectivity index (χ2n) is 7.06. The maximum atomic E-state index is 11.6. The summed E-state index contributed by atoms with van der Waals surface area (Å²) in [6.45, 7) is 7.96. The quantitative estimate of drug-likeness (QED) is 0.520. The van der Waals surface area contributed by atoms with Gasteiger partial charge in [0.2, 0.25) is 11.8 Å². The standard InChI is InChI=1S/C18H29NO8/c1-13(2)7-9-26-18(3,4)8-10-25-16(22)11-24-12-17(23)27-19-14(20)5-6-15(19)21/h5-6,13,20-21H,7-12H2,1-4H3. The van der Waals surface area contributed by atoms with E-state index in [4.69, 9.17) is 14.2 Å². The number of ether oxygens (including phenoxy) is 3. The minimum absolute atomic E-state index is 0.173. The van der Waals surface area contributed by atoms with Crippen LogP contribution >= 0.6 is 0 Å². The van der Waals surface area contributed by atoms with Crippen molar-refractivity contribution in [2.45, 2.75) is 46.1 Å². The van der Waals surface area contributed by atoms with Crippen LogP contribution in [-0.2, 0) is 23.8 Å². The molecular formula is C18H29NO8. The Bertz CT molecular complexity index is 589. The number of hydrogen-bond donors (Lipinski definition) is 2. The van der Waals surface area contributed by atoms with Crippen molar-refractivity contribution in [1.82, 2.24) is 4.73 Å². The number of aromatic hydroxyl groups is 2. The molecule has 1 rings (SSSR count). The van der Waals surface area contributed by atoms with Gasteiger partial charge in [0.1, 0.15) is 13.2 Å². The zero-order valence-electron chi connectivity index (χ0n) is 16.3. The molecule has 9 nitrogen and oxygen atoms in total. The molecule has 0 aromatic carbocycles. The molecule has 0 spiro atoms. The molecule has 2 N–H and O–H groups in total. The molecule has 0 fully saturated rings. The van der Waals surface area contributed by atoms with Gasteiger partial charge in [-0.25, -0.2) is 9.59 Å². The first-order valence-corrected chi connectivity index (χ1v) is 8.79. The number of aromatic nitrogens is 1. The van der Waals surface area contributed by atoms with Gasteiger partial charge in [0.05, 0.1) is 12.2 Å². The minimum Gasteiger partial charge on any atom is -0.492 e. The Labute approximate surface area is 158 Å². The third-order valence-electron chi connectivity index (χ3n) is 3.59. The van der Waals surface area contributed by atoms with Gasteiger partial charge >= 0.3 is 11.9 Å². The molecule has 0 saturated heterocycles. The van der Waals surface area contributed by atoms with Crippen molar-refractivity contribution in [3.05, 3.63) is 12.1 Å². The van der Waals surface area contributed by atoms with Crippen LogP contribution in [0, 0.1) is 5.92 Å². The zero-order chi connectivity index (χ0) is 20.4. The van der Waals surface area contributed by atoms with E-state index in [1.54, 1.807) is 0 Å². The van der Waals surface area contributed by atoms with Crippen LogP contribution in [0.4, 0.5) is 0 Å². The van der Waals surface area contributed by atoms with E-state index in [1.807, 2.05) is 13.8 Å². The summed E-state index contributed by atoms with van der Waals surface area (Å²) >= 11 is 0. The predicted molar refractivity (Wildman–Crippen MR) is 95.2 cm³/mol. The van der Waals surface area contributed by atoms with Crippen LogP contribution in [0.15, 0.2) is 12.1 Å². The van der Waals surface area contributed by atoms with E-state index >= 15 is 0 Å². The van der Waals surface area contributed by atoms with Gasteiger partial charge in [0, 0.05) is 25.2 Å². The second kappa shape index (κ2) is 10.8. The van der Waals surface area contributed by atoms with Gasteiger partial charge in [-0.2, -0.15) is 0 Å². The molecule has 0 amide bonds. The predicted octanol–water partition coefficient (Wildman–Crippen LogP) is 1.65. The highest BCUT2D eigenvalue weighted by atomic mass is 16.7. The van der Waals surface area contributed by atoms with Gasteiger partial charge in [-0.1, -0.05) is 13.8 Å². The smallest absolute Gasteiger partial charge is 0.358 e. The van der Waals surface area contributed by atoms with E-state index in [2.05, 4.69) is 18.7 Å². The number of nitrogens with zero attached hydrogens (tertiary/aromatic N) is 1. The Morgan fingerprint density at radius 2 is 1.67 bits per heavy atom. The largest absolute Gasteiger partial charge is 0.492 e. The van der Waals surface area contributed by atoms with Crippen LogP contribution < -0.4 is 4.84 Å². The van der Waals surface area contributed by atoms with Gasteiger partial charge in [-0.15, -0.1) is 4.73 Å². The van der Waals surface area contributed by atoms with Crippen LogP contribution in [0.1, 0.15) is 40.5 Å². The number of esters is 1. The minimum atomic E-state index is -0.899. The molecule has 9 heteroatoms. The molecular weight excluding hydrogens is 358 g/mol. The second-order valence-corrected chi connectivity index (χ2v) is 7.06. The van der Waals surface area contributed by atoms with Crippen LogP contribution in [0.5, 0.6) is 11.8 Å². The van der Waals surface area contributed by atoms with Gasteiger partial charge in [0.15, 0.2) is 0 Å². The molecule has 1 aromatic heterocycles. The summed E-state index contributed by atoms with van der Waals surface area (Å²) in [6.07, 6.45) is 1.50. The average Bonchev–Trinajstić information content (AvgIpc) is 2.86. The molecule has 1 heterocycles. The number of hydrogen-bond acceptors (Lipinski definition) is 8. The van der Waals surface area contributed by atoms with Crippen LogP contribution in [0.2, 0.25) is 0 Å². The highest BCUT2D eigenvalue weighted by Crippen LogP contribution is 2.18. The van der Waals surface area contributed by atoms with Gasteiger partial charge in [-0.05, 0) is 26.2 Å². The fraction of sp³-hybridized carbons (Fsp3) is 0.667. The van der Waals surface area contributed by atoms with E-state index in [9.17, 15) is 19.8 Å². The third-order valence-corrected chi connectivity index (χ3v) is 3.59. The summed E-state index contributed by atoms with van der Waals surface area (Å²) < 4.78 is 16.3. The Balaban J connectivity index is 2.17. The van der Waals surface area contributed by atoms with E-state index < -0.39 is 42.5 Å². The van der Waals surface area contributed by atoms with Gasteiger partial charge in [-0.3, -0.25) is 0 Å². The molecule has 0 saturated carbocycles. The Hall–Kier alpha value is -2.26. The van der Waals surface area contributed by atoms with Crippen molar-refractivity contribution in [3.8, 4) is 11.8 Å². The van der Waals surface area contributed by atoms with Crippen LogP contribution in [0.25, 0.3) is 0 Å². The molecule has 0 aliphatic carbocycles. The van der Waals surface area contributed by atoms with Crippen LogP contribution in [0.3, 0.4) is 0 Å². The molecule has 0 aliphatic rings. The average molecular weight is 387 g/mol. The van der Waals surface area contributed by atoms with Gasteiger partial charge < -0.3 is 29.3 Å². The van der Waals surface area contributed by atoms with Gasteiger partial charge in [0.25, 0.3) is 0 Å². The van der Waals surface area contributed by atoms with Crippen molar-refractivity contribution in [1.29, 1.82) is 0 Å². The fourth-order valence-electron chi connectivity index (χ4n) is 1.94. The molecule has 0 atom stereocenters. The number of rotatable bonds is 12. The number of carbonyl (C=O) groups excluding carboxylic acids is 2. The monoisotopic (exact) mass is 387 g/mol. The fourth-order valence-corrected chi connectivity index (χ4v) is 1.94. The first-order chi connectivity index (χ1) is 12.6. The summed E-state index contributed by atoms with van der Waals surface area (Å²) in [7, 11) is 0. The Morgan fingerprint density at radius 1 is 1.07 bits per heavy atom. The lowest BCUT2D eigenvalue weighted by atomic mass is 10.1. The van der Waals surface area contributed by atoms with Crippen molar-refractivity contribution in [2.75, 3.05) is 26.4 Å². The van der Waals surface area contributed by atoms with Crippen LogP contribution in [-0.4, -0.2) is 58.9 Å². The normalized spacial score (nSPS) is 11.6. The Morgan fingerprint density at radius 3 is 2.26 bits per heavy atom. The molecule has 0 radical (unpaired) electrons. The SMILES string of the molecule is CC(C)CCOC(C)(C)CCOC(=O)COCC(=O)On1c(O)ccc1O. The lowest BCUT2D eigenvalue weighted by molar-refractivity contribution is -0.157. The maximum Gasteiger partial charge on any atom is 0.358 e. The summed E-state index contributed by atoms with van der Waals surface area (Å²) in [5.74, 6) is -1.85. The zero-order valence-corrected chi connectivity index (χ0v) is 16.3. The molecule has 0 unspecified atom stereocenters. The lowest BCUT2D eigenvalue weighted by Crippen LogP contribution is -2.29. The van der Waals surface area contributed by atoms with E-state index in [-0.39, 0.29) is 6.61 Å². The third kappa shape index (κ3) is 9.30. The Kier molecular flexibility index (Phi) is 9.10. The highest BCUT2D eigenvalue weighted by Gasteiger charge is 2.19. The topological polar surface area (TPSA) is 116 Å². The highest BCUT2D eigenvalue weighted by molar-refractivity contribution is 5.73. The molecule has 154 valence electrons. The molecule has 0 bridgehead atoms. The van der Waals surface area contributed by atoms with Crippen molar-refractivity contribution < 1.29 is 38.9 Å². The van der Waals surface area contributed by atoms with Crippen molar-refractivity contribution in [2.24, 2.45) is 5.92 Å². The van der Waals surface area contributed by atoms with E-state index in [0.717, 1.165) is 18.6 Å². The summed E-state index contributed by atoms with van der Waals surface area (Å²) in [4.78, 5) is 27.8. The van der Waals surface area contributed by atoms with Crippen molar-refractivity contribution >= 4 is 11.9 Å². The number of carbonyl (C=O) groups is 2. The van der Waals surface area contributed by atoms with Crippen molar-refractivity contribution in [3.63, 3.8) is 0 Å². The molecule has 0 aliphatic heterocycles. The maximum absolute atomic E-state index is 11.6. The first kappa shape index (κ1) is 22.8. The van der Waals surface area contributed by atoms with E-state index in [1.165, 1.54) is 0 Å². The molecule has 27 heavy (non-hydrogen) atoms. The van der Waals surface area contributed by atoms with E-state index in [0.29, 0.717) is 23.7 Å². The summed E-state index contributed by atoms with van der Waals surface area (Å²) in [5, 5.41) is 18.7. The molecule has 1 aromatic rings. The first-order valence-electron chi connectivity index (χ1n) is 8.79.